The first kappa shape index (κ1) is 34.2. The number of benzene rings is 3. The molecule has 0 unspecified atom stereocenters. The van der Waals surface area contributed by atoms with Crippen LogP contribution in [0, 0.1) is 25.5 Å². The molecule has 0 radical (unpaired) electrons. The van der Waals surface area contributed by atoms with Crippen molar-refractivity contribution >= 4 is 21.8 Å². The first-order valence-corrected chi connectivity index (χ1v) is 12.3. The molecule has 0 spiro atoms. The molecule has 39 heavy (non-hydrogen) atoms. The molecule has 0 atom stereocenters. The molecule has 2 aromatic heterocycles. The molecule has 0 bridgehead atoms. The number of rotatable bonds is 3. The van der Waals surface area contributed by atoms with E-state index >= 15 is 0 Å². The van der Waals surface area contributed by atoms with Gasteiger partial charge in [-0.3, -0.25) is 0 Å². The first-order valence-electron chi connectivity index (χ1n) is 12.3. The van der Waals surface area contributed by atoms with Crippen LogP contribution in [0.15, 0.2) is 66.7 Å². The van der Waals surface area contributed by atoms with Crippen LogP contribution in [0.4, 0.5) is 8.78 Å². The third-order valence-electron chi connectivity index (χ3n) is 5.66. The number of fused-ring (bicyclic) bond motifs is 2. The predicted octanol–water partition coefficient (Wildman–Crippen LogP) is 7.06. The van der Waals surface area contributed by atoms with Crippen LogP contribution in [0.1, 0.15) is 34.0 Å². The summed E-state index contributed by atoms with van der Waals surface area (Å²) in [7, 11) is 10.8. The van der Waals surface area contributed by atoms with Crippen molar-refractivity contribution in [2.24, 2.45) is 0 Å². The SMILES string of the molecule is CNC.C[N-]C.C[N-]C.Cc1c(C(c2ccccc2)c2[n-]c3ccc(F)cc3c2C)[n-]c2ccc(F)cc12.[Ti+4]. The molecule has 0 aliphatic carbocycles. The van der Waals surface area contributed by atoms with Crippen LogP contribution in [-0.4, -0.2) is 42.3 Å². The van der Waals surface area contributed by atoms with Gasteiger partial charge in [-0.05, 0) is 74.5 Å². The second kappa shape index (κ2) is 17.0. The van der Waals surface area contributed by atoms with Gasteiger partial charge in [-0.2, -0.15) is 28.2 Å². The maximum atomic E-state index is 13.8. The molecule has 0 aliphatic heterocycles. The summed E-state index contributed by atoms with van der Waals surface area (Å²) in [5, 5.41) is 11.4. The van der Waals surface area contributed by atoms with E-state index in [0.29, 0.717) is 0 Å². The summed E-state index contributed by atoms with van der Waals surface area (Å²) in [5.41, 5.74) is 6.15. The summed E-state index contributed by atoms with van der Waals surface area (Å²) < 4.78 is 27.7. The van der Waals surface area contributed by atoms with E-state index in [1.165, 1.54) is 24.3 Å². The molecule has 5 rings (SSSR count). The summed E-state index contributed by atoms with van der Waals surface area (Å²) in [5.74, 6) is -0.776. The van der Waals surface area contributed by atoms with Crippen LogP contribution in [-0.2, 0) is 21.7 Å². The van der Waals surface area contributed by atoms with Crippen molar-refractivity contribution in [1.82, 2.24) is 15.3 Å². The summed E-state index contributed by atoms with van der Waals surface area (Å²) >= 11 is 0. The minimum atomic E-state index is -0.278. The van der Waals surface area contributed by atoms with Crippen LogP contribution in [0.3, 0.4) is 0 Å². The molecular weight excluding hydrogens is 528 g/mol. The maximum Gasteiger partial charge on any atom is 4.00 e. The number of aromatic nitrogens is 2. The molecule has 2 heterocycles. The summed E-state index contributed by atoms with van der Waals surface area (Å²) in [6.07, 6.45) is 0. The topological polar surface area (TPSA) is 68.4 Å². The Morgan fingerprint density at radius 3 is 1.38 bits per heavy atom. The van der Waals surface area contributed by atoms with Gasteiger partial charge in [-0.25, -0.2) is 8.78 Å². The largest absolute Gasteiger partial charge is 4.00 e. The first-order chi connectivity index (χ1) is 18.3. The van der Waals surface area contributed by atoms with E-state index in [1.54, 1.807) is 40.3 Å². The number of nitrogens with one attached hydrogen (secondary N) is 1. The minimum absolute atomic E-state index is 0. The Kier molecular flexibility index (Phi) is 14.9. The molecule has 0 aliphatic rings. The Morgan fingerprint density at radius 1 is 0.667 bits per heavy atom. The van der Waals surface area contributed by atoms with E-state index in [2.05, 4.69) is 16.0 Å². The fraction of sp³-hybridized carbons (Fsp3) is 0.290. The van der Waals surface area contributed by atoms with Gasteiger partial charge >= 0.3 is 21.7 Å². The second-order valence-corrected chi connectivity index (χ2v) is 8.81. The average molecular weight is 566 g/mol. The number of halogens is 2. The molecule has 3 aromatic carbocycles. The van der Waals surface area contributed by atoms with Crippen LogP contribution in [0.25, 0.3) is 32.4 Å². The van der Waals surface area contributed by atoms with Gasteiger partial charge in [0, 0.05) is 0 Å². The molecule has 0 fully saturated rings. The molecule has 0 saturated heterocycles. The molecule has 5 aromatic rings. The van der Waals surface area contributed by atoms with Crippen molar-refractivity contribution in [3.05, 3.63) is 117 Å². The van der Waals surface area contributed by atoms with Crippen molar-refractivity contribution in [3.63, 3.8) is 0 Å². The Bertz CT molecular complexity index is 1320. The monoisotopic (exact) mass is 565 g/mol. The Morgan fingerprint density at radius 2 is 1.03 bits per heavy atom. The number of aryl methyl sites for hydroxylation is 2. The fourth-order valence-corrected chi connectivity index (χ4v) is 4.17. The molecular formula is C31H37F2N5Ti. The summed E-state index contributed by atoms with van der Waals surface area (Å²) in [4.78, 5) is 9.71. The summed E-state index contributed by atoms with van der Waals surface area (Å²) in [6.45, 7) is 3.94. The smallest absolute Gasteiger partial charge is 0.668 e. The standard InChI is InChI=1S/C25H18F2N2.C2H7N.2C2H6N.Ti/c1-14-19-12-17(26)8-10-21(19)28-24(14)23(16-6-4-3-5-7-16)25-15(2)20-13-18(27)9-11-22(20)29-25;3*1-3-2;/h3-13,23H,1-2H3;3H,1-2H3;2*1-2H3;/q-2;;2*-1;+4. The zero-order valence-electron chi connectivity index (χ0n) is 24.0. The maximum absolute atomic E-state index is 13.8. The van der Waals surface area contributed by atoms with E-state index in [9.17, 15) is 8.78 Å². The molecule has 5 nitrogen and oxygen atoms in total. The van der Waals surface area contributed by atoms with Gasteiger partial charge in [0.15, 0.2) is 0 Å². The molecule has 1 N–H and O–H groups in total. The molecule has 0 amide bonds. The normalized spacial score (nSPS) is 10.1. The van der Waals surface area contributed by atoms with Gasteiger partial charge < -0.3 is 25.9 Å². The Hall–Kier alpha value is -2.81. The van der Waals surface area contributed by atoms with Gasteiger partial charge in [-0.1, -0.05) is 53.6 Å². The predicted molar refractivity (Wildman–Crippen MR) is 157 cm³/mol. The number of nitrogens with zero attached hydrogens (tertiary/aromatic N) is 4. The van der Waals surface area contributed by atoms with E-state index in [1.807, 2.05) is 58.3 Å². The van der Waals surface area contributed by atoms with E-state index in [0.717, 1.165) is 49.9 Å². The van der Waals surface area contributed by atoms with Gasteiger partial charge in [0.05, 0.1) is 0 Å². The zero-order valence-corrected chi connectivity index (χ0v) is 25.5. The molecule has 204 valence electrons. The van der Waals surface area contributed by atoms with Crippen molar-refractivity contribution in [2.45, 2.75) is 19.8 Å². The zero-order chi connectivity index (χ0) is 28.2. The number of hydrogen-bond acceptors (Lipinski definition) is 1. The van der Waals surface area contributed by atoms with Gasteiger partial charge in [0.2, 0.25) is 0 Å². The van der Waals surface area contributed by atoms with E-state index in [4.69, 9.17) is 9.97 Å². The van der Waals surface area contributed by atoms with Crippen molar-refractivity contribution in [1.29, 1.82) is 0 Å². The summed E-state index contributed by atoms with van der Waals surface area (Å²) in [6, 6.07) is 19.4. The third-order valence-corrected chi connectivity index (χ3v) is 5.66. The van der Waals surface area contributed by atoms with Crippen molar-refractivity contribution < 1.29 is 30.5 Å². The van der Waals surface area contributed by atoms with E-state index < -0.39 is 0 Å². The number of hydrogen-bond donors (Lipinski definition) is 1. The van der Waals surface area contributed by atoms with Crippen LogP contribution < -0.4 is 15.3 Å². The van der Waals surface area contributed by atoms with Crippen LogP contribution in [0.2, 0.25) is 0 Å². The molecule has 0 saturated carbocycles. The second-order valence-electron chi connectivity index (χ2n) is 8.81. The van der Waals surface area contributed by atoms with Gasteiger partial charge in [0.1, 0.15) is 11.6 Å². The van der Waals surface area contributed by atoms with Crippen molar-refractivity contribution in [3.8, 4) is 0 Å². The minimum Gasteiger partial charge on any atom is -0.668 e. The van der Waals surface area contributed by atoms with E-state index in [-0.39, 0.29) is 39.3 Å². The van der Waals surface area contributed by atoms with Crippen LogP contribution in [0.5, 0.6) is 0 Å². The van der Waals surface area contributed by atoms with Gasteiger partial charge in [0.25, 0.3) is 0 Å². The third kappa shape index (κ3) is 8.59. The Balaban J connectivity index is 0.000000676. The average Bonchev–Trinajstić information content (AvgIpc) is 3.38. The quantitative estimate of drug-likeness (QED) is 0.238. The van der Waals surface area contributed by atoms with Gasteiger partial charge in [-0.15, -0.1) is 22.4 Å². The van der Waals surface area contributed by atoms with Crippen molar-refractivity contribution in [2.75, 3.05) is 42.3 Å². The van der Waals surface area contributed by atoms with Crippen LogP contribution >= 0.6 is 0 Å². The Labute approximate surface area is 246 Å². The fourth-order valence-electron chi connectivity index (χ4n) is 4.17. The molecule has 8 heteroatoms.